The molecule has 0 spiro atoms. The van der Waals surface area contributed by atoms with E-state index in [2.05, 4.69) is 25.8 Å². The van der Waals surface area contributed by atoms with Crippen LogP contribution in [-0.2, 0) is 13.6 Å². The van der Waals surface area contributed by atoms with Gasteiger partial charge in [-0.15, -0.1) is 0 Å². The molecule has 2 amide bonds. The van der Waals surface area contributed by atoms with E-state index in [1.54, 1.807) is 46.6 Å². The first kappa shape index (κ1) is 22.5. The maximum atomic E-state index is 13.5. The first-order valence-electron chi connectivity index (χ1n) is 11.3. The minimum atomic E-state index is -0.417. The molecule has 11 nitrogen and oxygen atoms in total. The molecule has 1 aromatic carbocycles. The number of urea groups is 1. The molecule has 0 atom stereocenters. The second kappa shape index (κ2) is 8.84. The zero-order valence-electron chi connectivity index (χ0n) is 19.8. The van der Waals surface area contributed by atoms with Gasteiger partial charge in [0.2, 0.25) is 0 Å². The molecule has 0 aliphatic heterocycles. The lowest BCUT2D eigenvalue weighted by molar-refractivity contribution is 0.104. The van der Waals surface area contributed by atoms with Gasteiger partial charge in [-0.25, -0.2) is 14.3 Å². The molecule has 0 saturated heterocycles. The van der Waals surface area contributed by atoms with Crippen molar-refractivity contribution in [1.82, 2.24) is 29.3 Å². The molecule has 3 heterocycles. The van der Waals surface area contributed by atoms with Crippen LogP contribution in [0.25, 0.3) is 5.52 Å². The smallest absolute Gasteiger partial charge is 0.324 e. The Morgan fingerprint density at radius 3 is 2.71 bits per heavy atom. The van der Waals surface area contributed by atoms with E-state index >= 15 is 0 Å². The quantitative estimate of drug-likeness (QED) is 0.351. The van der Waals surface area contributed by atoms with E-state index in [9.17, 15) is 9.59 Å². The number of nitrogens with one attached hydrogen (secondary N) is 2. The lowest BCUT2D eigenvalue weighted by Crippen LogP contribution is -2.21. The summed E-state index contributed by atoms with van der Waals surface area (Å²) in [4.78, 5) is 32.1. The summed E-state index contributed by atoms with van der Waals surface area (Å²) in [5, 5.41) is 14.4. The number of carbonyl (C=O) groups excluding carboxylic acids is 2. The monoisotopic (exact) mass is 473 g/mol. The molecule has 4 N–H and O–H groups in total. The second-order valence-electron chi connectivity index (χ2n) is 9.03. The predicted octanol–water partition coefficient (Wildman–Crippen LogP) is 2.86. The normalized spacial score (nSPS) is 13.4. The summed E-state index contributed by atoms with van der Waals surface area (Å²) in [5.41, 5.74) is 9.69. The third kappa shape index (κ3) is 4.58. The van der Waals surface area contributed by atoms with Crippen LogP contribution in [0.4, 0.5) is 22.1 Å². The first-order chi connectivity index (χ1) is 16.8. The Balaban J connectivity index is 1.37. The number of aryl methyl sites for hydroxylation is 1. The van der Waals surface area contributed by atoms with Crippen molar-refractivity contribution >= 4 is 34.7 Å². The van der Waals surface area contributed by atoms with Gasteiger partial charge >= 0.3 is 6.03 Å². The van der Waals surface area contributed by atoms with Crippen LogP contribution in [0.3, 0.4) is 0 Å². The van der Waals surface area contributed by atoms with Gasteiger partial charge in [0.1, 0.15) is 17.7 Å². The number of nitrogens with zero attached hydrogens (tertiary/aromatic N) is 6. The van der Waals surface area contributed by atoms with Gasteiger partial charge in [-0.3, -0.25) is 14.8 Å². The summed E-state index contributed by atoms with van der Waals surface area (Å²) in [6.45, 7) is 0.573. The van der Waals surface area contributed by atoms with Crippen LogP contribution in [0.5, 0.6) is 0 Å². The summed E-state index contributed by atoms with van der Waals surface area (Å²) in [7, 11) is 5.66. The average Bonchev–Trinajstić information content (AvgIpc) is 3.51. The highest BCUT2D eigenvalue weighted by Crippen LogP contribution is 2.39. The number of amides is 2. The molecule has 4 aromatic rings. The second-order valence-corrected chi connectivity index (χ2v) is 9.03. The highest BCUT2D eigenvalue weighted by Gasteiger charge is 2.27. The largest absolute Gasteiger partial charge is 0.382 e. The molecule has 0 bridgehead atoms. The van der Waals surface area contributed by atoms with E-state index in [4.69, 9.17) is 5.73 Å². The van der Waals surface area contributed by atoms with Crippen LogP contribution in [-0.4, -0.2) is 55.2 Å². The highest BCUT2D eigenvalue weighted by molar-refractivity contribution is 6.15. The Kier molecular flexibility index (Phi) is 5.69. The average molecular weight is 474 g/mol. The van der Waals surface area contributed by atoms with Crippen molar-refractivity contribution in [3.63, 3.8) is 0 Å². The Hall–Kier alpha value is -4.25. The topological polar surface area (TPSA) is 135 Å². The molecule has 1 aliphatic carbocycles. The van der Waals surface area contributed by atoms with E-state index < -0.39 is 6.03 Å². The minimum absolute atomic E-state index is 0.226. The molecule has 1 fully saturated rings. The van der Waals surface area contributed by atoms with E-state index in [1.165, 1.54) is 6.33 Å². The van der Waals surface area contributed by atoms with Gasteiger partial charge in [-0.1, -0.05) is 12.1 Å². The zero-order chi connectivity index (χ0) is 24.7. The SMILES string of the molecule is CN(C)Cc1cc(C(=O)c2cccc(NC(=O)Nc3cc(C4CC4)nn3C)c2)c2c(N)ncnn12. The predicted molar refractivity (Wildman–Crippen MR) is 132 cm³/mol. The molecular weight excluding hydrogens is 446 g/mol. The molecular formula is C24H27N9O2. The summed E-state index contributed by atoms with van der Waals surface area (Å²) in [6, 6.07) is 10.0. The molecule has 35 heavy (non-hydrogen) atoms. The van der Waals surface area contributed by atoms with Crippen LogP contribution in [0, 0.1) is 0 Å². The van der Waals surface area contributed by atoms with E-state index in [1.807, 2.05) is 25.1 Å². The number of nitrogens with two attached hydrogens (primary N) is 1. The number of hydrogen-bond acceptors (Lipinski definition) is 7. The van der Waals surface area contributed by atoms with Crippen molar-refractivity contribution in [1.29, 1.82) is 0 Å². The third-order valence-corrected chi connectivity index (χ3v) is 5.90. The van der Waals surface area contributed by atoms with Crippen LogP contribution in [0.15, 0.2) is 42.7 Å². The zero-order valence-corrected chi connectivity index (χ0v) is 19.8. The van der Waals surface area contributed by atoms with Crippen molar-refractivity contribution in [3.05, 3.63) is 65.2 Å². The summed E-state index contributed by atoms with van der Waals surface area (Å²) in [5.74, 6) is 1.09. The minimum Gasteiger partial charge on any atom is -0.382 e. The van der Waals surface area contributed by atoms with Crippen LogP contribution in [0.2, 0.25) is 0 Å². The van der Waals surface area contributed by atoms with Crippen LogP contribution < -0.4 is 16.4 Å². The number of benzene rings is 1. The lowest BCUT2D eigenvalue weighted by atomic mass is 10.0. The Morgan fingerprint density at radius 2 is 1.97 bits per heavy atom. The molecule has 1 saturated carbocycles. The van der Waals surface area contributed by atoms with Crippen molar-refractivity contribution in [2.75, 3.05) is 30.5 Å². The van der Waals surface area contributed by atoms with Crippen molar-refractivity contribution < 1.29 is 9.59 Å². The number of fused-ring (bicyclic) bond motifs is 1. The lowest BCUT2D eigenvalue weighted by Gasteiger charge is -2.09. The molecule has 3 aromatic heterocycles. The van der Waals surface area contributed by atoms with E-state index in [0.29, 0.717) is 40.6 Å². The molecule has 1 aliphatic rings. The van der Waals surface area contributed by atoms with Gasteiger partial charge in [0.05, 0.1) is 17.0 Å². The van der Waals surface area contributed by atoms with Crippen molar-refractivity contribution in [2.24, 2.45) is 7.05 Å². The molecule has 11 heteroatoms. The van der Waals surface area contributed by atoms with Gasteiger partial charge in [-0.2, -0.15) is 10.2 Å². The number of aromatic nitrogens is 5. The van der Waals surface area contributed by atoms with Gasteiger partial charge in [0.25, 0.3) is 0 Å². The highest BCUT2D eigenvalue weighted by atomic mass is 16.2. The Bertz CT molecular complexity index is 1430. The number of ketones is 1. The fourth-order valence-corrected chi connectivity index (χ4v) is 4.10. The van der Waals surface area contributed by atoms with Crippen molar-refractivity contribution in [2.45, 2.75) is 25.3 Å². The molecule has 0 radical (unpaired) electrons. The third-order valence-electron chi connectivity index (χ3n) is 5.90. The molecule has 5 rings (SSSR count). The van der Waals surface area contributed by atoms with Crippen molar-refractivity contribution in [3.8, 4) is 0 Å². The number of carbonyl (C=O) groups is 2. The standard InChI is InChI=1S/C24H27N9O2/c1-31(2)12-17-10-18(21-23(25)26-13-27-33(17)21)22(34)15-5-4-6-16(9-15)28-24(35)29-20-11-19(14-7-8-14)30-32(20)3/h4-6,9-11,13-14H,7-8,12H2,1-3H3,(H2,25,26,27)(H2,28,29,35). The van der Waals surface area contributed by atoms with Crippen LogP contribution >= 0.6 is 0 Å². The number of nitrogen functional groups attached to an aromatic ring is 1. The summed E-state index contributed by atoms with van der Waals surface area (Å²) < 4.78 is 3.30. The van der Waals surface area contributed by atoms with Gasteiger partial charge in [0.15, 0.2) is 11.6 Å². The summed E-state index contributed by atoms with van der Waals surface area (Å²) >= 11 is 0. The number of hydrogen-bond donors (Lipinski definition) is 3. The number of rotatable bonds is 7. The maximum absolute atomic E-state index is 13.5. The fourth-order valence-electron chi connectivity index (χ4n) is 4.10. The van der Waals surface area contributed by atoms with E-state index in [-0.39, 0.29) is 11.6 Å². The first-order valence-corrected chi connectivity index (χ1v) is 11.3. The Morgan fingerprint density at radius 1 is 1.17 bits per heavy atom. The fraction of sp³-hybridized carbons (Fsp3) is 0.292. The summed E-state index contributed by atoms with van der Waals surface area (Å²) in [6.07, 6.45) is 3.64. The Labute approximate surface area is 201 Å². The molecule has 0 unspecified atom stereocenters. The number of anilines is 3. The molecule has 180 valence electrons. The maximum Gasteiger partial charge on any atom is 0.324 e. The van der Waals surface area contributed by atoms with Gasteiger partial charge < -0.3 is 16.0 Å². The van der Waals surface area contributed by atoms with Gasteiger partial charge in [0, 0.05) is 36.8 Å². The van der Waals surface area contributed by atoms with E-state index in [0.717, 1.165) is 24.2 Å². The van der Waals surface area contributed by atoms with Gasteiger partial charge in [-0.05, 0) is 45.1 Å². The van der Waals surface area contributed by atoms with Crippen LogP contribution in [0.1, 0.15) is 46.1 Å².